The summed E-state index contributed by atoms with van der Waals surface area (Å²) in [6, 6.07) is 0. The summed E-state index contributed by atoms with van der Waals surface area (Å²) in [5.41, 5.74) is -1.14. The van der Waals surface area contributed by atoms with Gasteiger partial charge in [0.2, 0.25) is 0 Å². The largest absolute Gasteiger partial charge is 0.328 e. The van der Waals surface area contributed by atoms with Gasteiger partial charge in [-0.15, -0.1) is 0 Å². The molecule has 0 aromatic carbocycles. The van der Waals surface area contributed by atoms with Crippen molar-refractivity contribution in [1.82, 2.24) is 9.55 Å². The van der Waals surface area contributed by atoms with E-state index in [9.17, 15) is 18.0 Å². The molecule has 16 heavy (non-hydrogen) atoms. The van der Waals surface area contributed by atoms with Crippen LogP contribution in [0.15, 0.2) is 20.3 Å². The van der Waals surface area contributed by atoms with Crippen LogP contribution in [0.1, 0.15) is 6.92 Å². The molecule has 0 atom stereocenters. The highest BCUT2D eigenvalue weighted by Crippen LogP contribution is 1.98. The van der Waals surface area contributed by atoms with Crippen LogP contribution in [0.25, 0.3) is 0 Å². The molecule has 0 saturated carbocycles. The number of rotatable bonds is 4. The van der Waals surface area contributed by atoms with Gasteiger partial charge in [0.1, 0.15) is 0 Å². The Morgan fingerprint density at radius 2 is 2.06 bits per heavy atom. The van der Waals surface area contributed by atoms with Crippen molar-refractivity contribution in [3.05, 3.63) is 31.5 Å². The molecule has 0 bridgehead atoms. The number of nitrogens with zero attached hydrogens (tertiary/aromatic N) is 1. The van der Waals surface area contributed by atoms with E-state index in [1.807, 2.05) is 0 Å². The molecule has 0 radical (unpaired) electrons. The van der Waals surface area contributed by atoms with Crippen molar-refractivity contribution < 1.29 is 8.42 Å². The maximum Gasteiger partial charge on any atom is 0.328 e. The second-order valence-electron chi connectivity index (χ2n) is 3.17. The molecule has 90 valence electrons. The lowest BCUT2D eigenvalue weighted by atomic mass is 10.6. The third kappa shape index (κ3) is 3.31. The summed E-state index contributed by atoms with van der Waals surface area (Å²) in [4.78, 5) is 24.4. The molecule has 6 nitrogen and oxygen atoms in total. The highest BCUT2D eigenvalue weighted by molar-refractivity contribution is 9.10. The lowest BCUT2D eigenvalue weighted by Crippen LogP contribution is -2.31. The number of hydrogen-bond donors (Lipinski definition) is 1. The molecule has 0 spiro atoms. The normalized spacial score (nSPS) is 11.6. The van der Waals surface area contributed by atoms with Gasteiger partial charge in [-0.05, 0) is 15.9 Å². The summed E-state index contributed by atoms with van der Waals surface area (Å²) in [5.74, 6) is -0.0891. The highest BCUT2D eigenvalue weighted by Gasteiger charge is 2.09. The van der Waals surface area contributed by atoms with Gasteiger partial charge in [-0.1, -0.05) is 6.92 Å². The zero-order valence-electron chi connectivity index (χ0n) is 8.57. The minimum atomic E-state index is -3.12. The summed E-state index contributed by atoms with van der Waals surface area (Å²) in [6.07, 6.45) is 1.28. The molecule has 0 unspecified atom stereocenters. The van der Waals surface area contributed by atoms with Crippen molar-refractivity contribution in [2.75, 3.05) is 11.5 Å². The van der Waals surface area contributed by atoms with E-state index >= 15 is 0 Å². The summed E-state index contributed by atoms with van der Waals surface area (Å²) in [7, 11) is -3.12. The molecule has 1 heterocycles. The minimum Gasteiger partial charge on any atom is -0.298 e. The number of halogens is 1. The summed E-state index contributed by atoms with van der Waals surface area (Å²) in [6.45, 7) is 1.57. The Bertz CT molecular complexity index is 587. The number of nitrogens with one attached hydrogen (secondary N) is 1. The molecule has 0 aliphatic carbocycles. The molecule has 1 aromatic heterocycles. The van der Waals surface area contributed by atoms with Crippen molar-refractivity contribution in [3.63, 3.8) is 0 Å². The first-order valence-corrected chi connectivity index (χ1v) is 7.17. The third-order valence-corrected chi connectivity index (χ3v) is 4.30. The molecular formula is C8H11BrN2O4S. The molecular weight excluding hydrogens is 300 g/mol. The lowest BCUT2D eigenvalue weighted by molar-refractivity contribution is 0.586. The zero-order valence-corrected chi connectivity index (χ0v) is 11.0. The van der Waals surface area contributed by atoms with Crippen LogP contribution in [0.2, 0.25) is 0 Å². The van der Waals surface area contributed by atoms with Crippen LogP contribution in [-0.2, 0) is 16.4 Å². The molecule has 1 N–H and O–H groups in total. The van der Waals surface area contributed by atoms with Crippen LogP contribution in [0.5, 0.6) is 0 Å². The quantitative estimate of drug-likeness (QED) is 0.829. The first-order valence-electron chi connectivity index (χ1n) is 4.55. The van der Waals surface area contributed by atoms with Crippen molar-refractivity contribution >= 4 is 25.8 Å². The predicted octanol–water partition coefficient (Wildman–Crippen LogP) is -0.266. The molecule has 0 aliphatic heterocycles. The fourth-order valence-corrected chi connectivity index (χ4v) is 2.14. The van der Waals surface area contributed by atoms with Crippen molar-refractivity contribution in [3.8, 4) is 0 Å². The van der Waals surface area contributed by atoms with Gasteiger partial charge in [-0.2, -0.15) is 0 Å². The number of aromatic nitrogens is 2. The monoisotopic (exact) mass is 310 g/mol. The summed E-state index contributed by atoms with van der Waals surface area (Å²) >= 11 is 2.96. The first-order chi connectivity index (χ1) is 7.35. The second-order valence-corrected chi connectivity index (χ2v) is 6.49. The van der Waals surface area contributed by atoms with Crippen LogP contribution >= 0.6 is 15.9 Å². The summed E-state index contributed by atoms with van der Waals surface area (Å²) in [5, 5.41) is 0. The Labute approximate surface area is 100 Å². The van der Waals surface area contributed by atoms with Gasteiger partial charge in [0.15, 0.2) is 9.84 Å². The Kier molecular flexibility index (Phi) is 4.09. The first kappa shape index (κ1) is 13.2. The molecule has 8 heteroatoms. The number of aromatic amines is 1. The minimum absolute atomic E-state index is 0.0321. The van der Waals surface area contributed by atoms with Crippen molar-refractivity contribution in [1.29, 1.82) is 0 Å². The molecule has 0 saturated heterocycles. The number of sulfone groups is 1. The van der Waals surface area contributed by atoms with Crippen LogP contribution in [0.4, 0.5) is 0 Å². The van der Waals surface area contributed by atoms with Crippen LogP contribution < -0.4 is 11.2 Å². The summed E-state index contributed by atoms with van der Waals surface area (Å²) < 4.78 is 23.8. The maximum absolute atomic E-state index is 11.3. The van der Waals surface area contributed by atoms with Gasteiger partial charge in [-0.25, -0.2) is 13.2 Å². The number of hydrogen-bond acceptors (Lipinski definition) is 4. The Hall–Kier alpha value is -0.890. The van der Waals surface area contributed by atoms with Gasteiger partial charge < -0.3 is 0 Å². The van der Waals surface area contributed by atoms with Crippen LogP contribution in [0, 0.1) is 0 Å². The van der Waals surface area contributed by atoms with Gasteiger partial charge >= 0.3 is 5.69 Å². The molecule has 0 fully saturated rings. The fourth-order valence-electron chi connectivity index (χ4n) is 1.03. The Balaban J connectivity index is 2.96. The van der Waals surface area contributed by atoms with Gasteiger partial charge in [0, 0.05) is 18.5 Å². The van der Waals surface area contributed by atoms with Crippen molar-refractivity contribution in [2.45, 2.75) is 13.5 Å². The standard InChI is InChI=1S/C8H11BrN2O4S/c1-2-16(14,15)4-3-11-5-6(9)7(12)10-8(11)13/h5H,2-4H2,1H3,(H,10,12,13). The molecule has 1 rings (SSSR count). The van der Waals surface area contributed by atoms with E-state index in [2.05, 4.69) is 20.9 Å². The van der Waals surface area contributed by atoms with Gasteiger partial charge in [0.25, 0.3) is 5.56 Å². The average molecular weight is 311 g/mol. The molecule has 1 aromatic rings. The van der Waals surface area contributed by atoms with E-state index in [0.717, 1.165) is 4.57 Å². The predicted molar refractivity (Wildman–Crippen MR) is 63.4 cm³/mol. The Morgan fingerprint density at radius 3 is 2.62 bits per heavy atom. The second kappa shape index (κ2) is 4.96. The van der Waals surface area contributed by atoms with E-state index in [4.69, 9.17) is 0 Å². The SMILES string of the molecule is CCS(=O)(=O)CCn1cc(Br)c(=O)[nH]c1=O. The topological polar surface area (TPSA) is 89.0 Å². The van der Waals surface area contributed by atoms with E-state index in [1.165, 1.54) is 6.20 Å². The van der Waals surface area contributed by atoms with E-state index in [0.29, 0.717) is 0 Å². The van der Waals surface area contributed by atoms with E-state index < -0.39 is 21.1 Å². The molecule has 0 amide bonds. The zero-order chi connectivity index (χ0) is 12.3. The third-order valence-electron chi connectivity index (χ3n) is 2.05. The van der Waals surface area contributed by atoms with E-state index in [1.54, 1.807) is 6.92 Å². The number of aryl methyl sites for hydroxylation is 1. The average Bonchev–Trinajstić information content (AvgIpc) is 2.22. The maximum atomic E-state index is 11.3. The lowest BCUT2D eigenvalue weighted by Gasteiger charge is -2.05. The smallest absolute Gasteiger partial charge is 0.298 e. The van der Waals surface area contributed by atoms with Crippen molar-refractivity contribution in [2.24, 2.45) is 0 Å². The van der Waals surface area contributed by atoms with E-state index in [-0.39, 0.29) is 22.5 Å². The van der Waals surface area contributed by atoms with Gasteiger partial charge in [0.05, 0.1) is 10.2 Å². The Morgan fingerprint density at radius 1 is 1.44 bits per heavy atom. The van der Waals surface area contributed by atoms with Crippen LogP contribution in [-0.4, -0.2) is 29.5 Å². The molecule has 0 aliphatic rings. The highest BCUT2D eigenvalue weighted by atomic mass is 79.9. The number of H-pyrrole nitrogens is 1. The fraction of sp³-hybridized carbons (Fsp3) is 0.500. The van der Waals surface area contributed by atoms with Crippen LogP contribution in [0.3, 0.4) is 0 Å². The van der Waals surface area contributed by atoms with Gasteiger partial charge in [-0.3, -0.25) is 14.3 Å².